The molecule has 1 aromatic carbocycles. The maximum Gasteiger partial charge on any atom is 0.234 e. The summed E-state index contributed by atoms with van der Waals surface area (Å²) in [6, 6.07) is 8.41. The van der Waals surface area contributed by atoms with Crippen molar-refractivity contribution in [2.75, 3.05) is 11.1 Å². The van der Waals surface area contributed by atoms with E-state index in [9.17, 15) is 4.79 Å². The molecule has 6 heteroatoms. The molecule has 0 bridgehead atoms. The Morgan fingerprint density at radius 3 is 2.67 bits per heavy atom. The minimum Gasteiger partial charge on any atom is -0.325 e. The fourth-order valence-electron chi connectivity index (χ4n) is 2.35. The standard InChI is InChI=1S/C18H26N4OS/c1-4-5-6-7-15-8-10-16(11-9-15)20-17(23)12-24-18-21-19-13-22(18)14(2)3/h8-11,13-14H,4-7,12H2,1-3H3,(H,20,23). The Labute approximate surface area is 148 Å². The van der Waals surface area contributed by atoms with Gasteiger partial charge in [0.2, 0.25) is 5.91 Å². The van der Waals surface area contributed by atoms with E-state index in [1.807, 2.05) is 16.7 Å². The second-order valence-corrected chi connectivity index (χ2v) is 7.05. The molecule has 0 spiro atoms. The summed E-state index contributed by atoms with van der Waals surface area (Å²) in [5, 5.41) is 11.7. The van der Waals surface area contributed by atoms with E-state index in [1.54, 1.807) is 6.33 Å². The molecule has 0 saturated carbocycles. The maximum absolute atomic E-state index is 12.1. The van der Waals surface area contributed by atoms with Gasteiger partial charge in [-0.25, -0.2) is 0 Å². The third kappa shape index (κ3) is 5.67. The van der Waals surface area contributed by atoms with Gasteiger partial charge in [-0.2, -0.15) is 0 Å². The second kappa shape index (κ2) is 9.47. The van der Waals surface area contributed by atoms with Crippen LogP contribution in [0.15, 0.2) is 35.7 Å². The Kier molecular flexibility index (Phi) is 7.31. The van der Waals surface area contributed by atoms with Gasteiger partial charge in [0.05, 0.1) is 5.75 Å². The molecule has 130 valence electrons. The summed E-state index contributed by atoms with van der Waals surface area (Å²) < 4.78 is 1.96. The topological polar surface area (TPSA) is 59.8 Å². The van der Waals surface area contributed by atoms with Gasteiger partial charge in [0.15, 0.2) is 5.16 Å². The maximum atomic E-state index is 12.1. The van der Waals surface area contributed by atoms with Crippen molar-refractivity contribution in [2.45, 2.75) is 57.7 Å². The van der Waals surface area contributed by atoms with Gasteiger partial charge in [0.25, 0.3) is 0 Å². The van der Waals surface area contributed by atoms with Crippen LogP contribution in [-0.2, 0) is 11.2 Å². The lowest BCUT2D eigenvalue weighted by Crippen LogP contribution is -2.14. The molecule has 0 aliphatic heterocycles. The summed E-state index contributed by atoms with van der Waals surface area (Å²) in [6.07, 6.45) is 6.51. The number of carbonyl (C=O) groups excluding carboxylic acids is 1. The van der Waals surface area contributed by atoms with E-state index in [2.05, 4.69) is 48.4 Å². The van der Waals surface area contributed by atoms with Crippen molar-refractivity contribution in [3.8, 4) is 0 Å². The molecule has 24 heavy (non-hydrogen) atoms. The van der Waals surface area contributed by atoms with Crippen molar-refractivity contribution in [1.82, 2.24) is 14.8 Å². The van der Waals surface area contributed by atoms with Crippen LogP contribution < -0.4 is 5.32 Å². The molecule has 0 aliphatic rings. The smallest absolute Gasteiger partial charge is 0.234 e. The molecule has 0 saturated heterocycles. The Balaban J connectivity index is 1.80. The van der Waals surface area contributed by atoms with Gasteiger partial charge in [-0.15, -0.1) is 10.2 Å². The van der Waals surface area contributed by atoms with Crippen molar-refractivity contribution in [1.29, 1.82) is 0 Å². The van der Waals surface area contributed by atoms with Gasteiger partial charge in [-0.05, 0) is 44.4 Å². The first-order valence-electron chi connectivity index (χ1n) is 8.51. The Morgan fingerprint density at radius 1 is 1.25 bits per heavy atom. The lowest BCUT2D eigenvalue weighted by molar-refractivity contribution is -0.113. The minimum absolute atomic E-state index is 0.0305. The fourth-order valence-corrected chi connectivity index (χ4v) is 3.19. The quantitative estimate of drug-likeness (QED) is 0.542. The van der Waals surface area contributed by atoms with Gasteiger partial charge in [0, 0.05) is 11.7 Å². The second-order valence-electron chi connectivity index (χ2n) is 6.11. The molecule has 5 nitrogen and oxygen atoms in total. The van der Waals surface area contributed by atoms with E-state index < -0.39 is 0 Å². The molecule has 1 heterocycles. The highest BCUT2D eigenvalue weighted by molar-refractivity contribution is 7.99. The average molecular weight is 347 g/mol. The number of amides is 1. The highest BCUT2D eigenvalue weighted by Gasteiger charge is 2.10. The van der Waals surface area contributed by atoms with Crippen LogP contribution in [0.3, 0.4) is 0 Å². The van der Waals surface area contributed by atoms with Crippen LogP contribution >= 0.6 is 11.8 Å². The molecule has 0 radical (unpaired) electrons. The normalized spacial score (nSPS) is 11.0. The van der Waals surface area contributed by atoms with Crippen molar-refractivity contribution in [3.63, 3.8) is 0 Å². The number of benzene rings is 1. The van der Waals surface area contributed by atoms with E-state index in [-0.39, 0.29) is 11.9 Å². The summed E-state index contributed by atoms with van der Waals surface area (Å²) in [7, 11) is 0. The number of thioether (sulfide) groups is 1. The molecule has 2 aromatic rings. The van der Waals surface area contributed by atoms with Crippen LogP contribution in [0.2, 0.25) is 0 Å². The zero-order chi connectivity index (χ0) is 17.4. The molecule has 1 aromatic heterocycles. The molecule has 2 rings (SSSR count). The van der Waals surface area contributed by atoms with Crippen molar-refractivity contribution >= 4 is 23.4 Å². The lowest BCUT2D eigenvalue weighted by atomic mass is 10.1. The Hall–Kier alpha value is -1.82. The average Bonchev–Trinajstić information content (AvgIpc) is 3.04. The van der Waals surface area contributed by atoms with Crippen molar-refractivity contribution in [2.24, 2.45) is 0 Å². The molecule has 1 amide bonds. The van der Waals surface area contributed by atoms with Crippen LogP contribution in [0, 0.1) is 0 Å². The summed E-state index contributed by atoms with van der Waals surface area (Å²) in [6.45, 7) is 6.34. The highest BCUT2D eigenvalue weighted by Crippen LogP contribution is 2.19. The SMILES string of the molecule is CCCCCc1ccc(NC(=O)CSc2nncn2C(C)C)cc1. The number of carbonyl (C=O) groups is 1. The van der Waals surface area contributed by atoms with E-state index in [0.717, 1.165) is 17.3 Å². The predicted octanol–water partition coefficient (Wildman–Crippen LogP) is 4.32. The van der Waals surface area contributed by atoms with Gasteiger partial charge < -0.3 is 9.88 Å². The molecular formula is C18H26N4OS. The first-order chi connectivity index (χ1) is 11.6. The van der Waals surface area contributed by atoms with Gasteiger partial charge in [-0.3, -0.25) is 4.79 Å². The van der Waals surface area contributed by atoms with Crippen LogP contribution in [0.4, 0.5) is 5.69 Å². The monoisotopic (exact) mass is 346 g/mol. The number of nitrogens with zero attached hydrogens (tertiary/aromatic N) is 3. The fraction of sp³-hybridized carbons (Fsp3) is 0.500. The largest absolute Gasteiger partial charge is 0.325 e. The third-order valence-electron chi connectivity index (χ3n) is 3.74. The van der Waals surface area contributed by atoms with E-state index in [1.165, 1.54) is 36.6 Å². The number of rotatable bonds is 9. The Morgan fingerprint density at radius 2 is 2.00 bits per heavy atom. The summed E-state index contributed by atoms with van der Waals surface area (Å²) >= 11 is 1.40. The Bertz CT molecular complexity index is 637. The number of hydrogen-bond donors (Lipinski definition) is 1. The zero-order valence-corrected chi connectivity index (χ0v) is 15.5. The summed E-state index contributed by atoms with van der Waals surface area (Å²) in [5.41, 5.74) is 2.16. The van der Waals surface area contributed by atoms with E-state index in [0.29, 0.717) is 5.75 Å². The molecular weight excluding hydrogens is 320 g/mol. The van der Waals surface area contributed by atoms with Crippen LogP contribution in [0.25, 0.3) is 0 Å². The zero-order valence-electron chi connectivity index (χ0n) is 14.7. The van der Waals surface area contributed by atoms with Crippen molar-refractivity contribution < 1.29 is 4.79 Å². The van der Waals surface area contributed by atoms with Gasteiger partial charge >= 0.3 is 0 Å². The molecule has 0 fully saturated rings. The number of unbranched alkanes of at least 4 members (excludes halogenated alkanes) is 2. The molecule has 0 atom stereocenters. The number of nitrogens with one attached hydrogen (secondary N) is 1. The van der Waals surface area contributed by atoms with Crippen LogP contribution in [0.1, 0.15) is 51.6 Å². The van der Waals surface area contributed by atoms with Crippen LogP contribution in [-0.4, -0.2) is 26.4 Å². The number of anilines is 1. The third-order valence-corrected chi connectivity index (χ3v) is 4.69. The lowest BCUT2D eigenvalue weighted by Gasteiger charge is -2.09. The highest BCUT2D eigenvalue weighted by atomic mass is 32.2. The van der Waals surface area contributed by atoms with E-state index in [4.69, 9.17) is 0 Å². The first-order valence-corrected chi connectivity index (χ1v) is 9.49. The molecule has 1 N–H and O–H groups in total. The number of hydrogen-bond acceptors (Lipinski definition) is 4. The number of aryl methyl sites for hydroxylation is 1. The predicted molar refractivity (Wildman–Crippen MR) is 99.4 cm³/mol. The summed E-state index contributed by atoms with van der Waals surface area (Å²) in [5.74, 6) is 0.293. The van der Waals surface area contributed by atoms with Gasteiger partial charge in [0.1, 0.15) is 6.33 Å². The van der Waals surface area contributed by atoms with Crippen molar-refractivity contribution in [3.05, 3.63) is 36.2 Å². The minimum atomic E-state index is -0.0305. The van der Waals surface area contributed by atoms with E-state index >= 15 is 0 Å². The first kappa shape index (κ1) is 18.5. The molecule has 0 unspecified atom stereocenters. The number of aromatic nitrogens is 3. The van der Waals surface area contributed by atoms with Crippen LogP contribution in [0.5, 0.6) is 0 Å². The summed E-state index contributed by atoms with van der Waals surface area (Å²) in [4.78, 5) is 12.1. The van der Waals surface area contributed by atoms with Gasteiger partial charge in [-0.1, -0.05) is 43.7 Å². The molecule has 0 aliphatic carbocycles.